The van der Waals surface area contributed by atoms with Crippen LogP contribution in [0.15, 0.2) is 6.33 Å². The Morgan fingerprint density at radius 2 is 2.43 bits per heavy atom. The average Bonchev–Trinajstić information content (AvgIpc) is 2.72. The summed E-state index contributed by atoms with van der Waals surface area (Å²) in [6.45, 7) is 5.31. The first-order valence-electron chi connectivity index (χ1n) is 5.48. The van der Waals surface area contributed by atoms with Crippen LogP contribution in [0.3, 0.4) is 0 Å². The zero-order chi connectivity index (χ0) is 9.97. The predicted molar refractivity (Wildman–Crippen MR) is 57.0 cm³/mol. The lowest BCUT2D eigenvalue weighted by Crippen LogP contribution is -2.26. The van der Waals surface area contributed by atoms with Gasteiger partial charge in [0, 0.05) is 18.3 Å². The fourth-order valence-corrected chi connectivity index (χ4v) is 2.20. The molecule has 0 aromatic carbocycles. The van der Waals surface area contributed by atoms with Crippen LogP contribution in [0.1, 0.15) is 37.6 Å². The van der Waals surface area contributed by atoms with Gasteiger partial charge in [0.2, 0.25) is 0 Å². The number of aromatic nitrogens is 2. The highest BCUT2D eigenvalue weighted by Gasteiger charge is 2.20. The SMILES string of the molecule is Cc1[nH]cnc1CNC1CCC(C)C1. The summed E-state index contributed by atoms with van der Waals surface area (Å²) in [4.78, 5) is 7.38. The summed E-state index contributed by atoms with van der Waals surface area (Å²) in [5.74, 6) is 0.896. The van der Waals surface area contributed by atoms with E-state index in [0.717, 1.165) is 18.2 Å². The Morgan fingerprint density at radius 1 is 1.57 bits per heavy atom. The van der Waals surface area contributed by atoms with E-state index in [1.807, 2.05) is 0 Å². The first-order chi connectivity index (χ1) is 6.75. The third-order valence-electron chi connectivity index (χ3n) is 3.19. The van der Waals surface area contributed by atoms with Gasteiger partial charge in [0.1, 0.15) is 0 Å². The summed E-state index contributed by atoms with van der Waals surface area (Å²) in [5, 5.41) is 3.57. The van der Waals surface area contributed by atoms with Gasteiger partial charge in [0.05, 0.1) is 12.0 Å². The number of imidazole rings is 1. The van der Waals surface area contributed by atoms with E-state index < -0.39 is 0 Å². The van der Waals surface area contributed by atoms with E-state index in [0.29, 0.717) is 6.04 Å². The van der Waals surface area contributed by atoms with Gasteiger partial charge >= 0.3 is 0 Å². The molecule has 1 saturated carbocycles. The fraction of sp³-hybridized carbons (Fsp3) is 0.727. The maximum Gasteiger partial charge on any atom is 0.0925 e. The number of nitrogens with one attached hydrogen (secondary N) is 2. The molecule has 0 radical (unpaired) electrons. The summed E-state index contributed by atoms with van der Waals surface area (Å²) in [6, 6.07) is 0.709. The molecule has 1 aliphatic rings. The third-order valence-corrected chi connectivity index (χ3v) is 3.19. The second-order valence-electron chi connectivity index (χ2n) is 4.47. The van der Waals surface area contributed by atoms with Crippen LogP contribution >= 0.6 is 0 Å². The van der Waals surface area contributed by atoms with Gasteiger partial charge in [-0.25, -0.2) is 4.98 Å². The topological polar surface area (TPSA) is 40.7 Å². The molecule has 2 rings (SSSR count). The lowest BCUT2D eigenvalue weighted by molar-refractivity contribution is 0.498. The van der Waals surface area contributed by atoms with Gasteiger partial charge in [-0.15, -0.1) is 0 Å². The predicted octanol–water partition coefficient (Wildman–Crippen LogP) is 2.00. The van der Waals surface area contributed by atoms with Crippen molar-refractivity contribution < 1.29 is 0 Å². The van der Waals surface area contributed by atoms with Crippen molar-refractivity contribution in [1.29, 1.82) is 0 Å². The molecule has 3 nitrogen and oxygen atoms in total. The number of nitrogens with zero attached hydrogens (tertiary/aromatic N) is 1. The van der Waals surface area contributed by atoms with E-state index in [1.54, 1.807) is 6.33 Å². The van der Waals surface area contributed by atoms with Crippen LogP contribution in [-0.4, -0.2) is 16.0 Å². The molecule has 14 heavy (non-hydrogen) atoms. The molecule has 0 amide bonds. The van der Waals surface area contributed by atoms with Crippen LogP contribution in [0.5, 0.6) is 0 Å². The van der Waals surface area contributed by atoms with E-state index in [2.05, 4.69) is 29.1 Å². The summed E-state index contributed by atoms with van der Waals surface area (Å²) in [7, 11) is 0. The largest absolute Gasteiger partial charge is 0.348 e. The summed E-state index contributed by atoms with van der Waals surface area (Å²) in [6.07, 6.45) is 5.79. The Bertz CT molecular complexity index is 292. The Balaban J connectivity index is 1.80. The molecule has 1 heterocycles. The highest BCUT2D eigenvalue weighted by atomic mass is 15.0. The first kappa shape index (κ1) is 9.71. The molecule has 78 valence electrons. The molecule has 0 aliphatic heterocycles. The summed E-state index contributed by atoms with van der Waals surface area (Å²) in [5.41, 5.74) is 2.34. The van der Waals surface area contributed by atoms with Crippen LogP contribution in [0.2, 0.25) is 0 Å². The van der Waals surface area contributed by atoms with Crippen LogP contribution in [0, 0.1) is 12.8 Å². The fourth-order valence-electron chi connectivity index (χ4n) is 2.20. The molecule has 2 N–H and O–H groups in total. The Labute approximate surface area is 85.3 Å². The van der Waals surface area contributed by atoms with Gasteiger partial charge in [0.25, 0.3) is 0 Å². The number of aryl methyl sites for hydroxylation is 1. The van der Waals surface area contributed by atoms with Gasteiger partial charge in [-0.2, -0.15) is 0 Å². The molecule has 3 heteroatoms. The molecule has 0 bridgehead atoms. The number of H-pyrrole nitrogens is 1. The Morgan fingerprint density at radius 3 is 3.00 bits per heavy atom. The van der Waals surface area contributed by atoms with Crippen LogP contribution in [0.4, 0.5) is 0 Å². The normalized spacial score (nSPS) is 27.0. The maximum absolute atomic E-state index is 4.28. The van der Waals surface area contributed by atoms with Gasteiger partial charge in [-0.3, -0.25) is 0 Å². The quantitative estimate of drug-likeness (QED) is 0.770. The Kier molecular flexibility index (Phi) is 2.87. The lowest BCUT2D eigenvalue weighted by Gasteiger charge is -2.11. The maximum atomic E-state index is 4.28. The van der Waals surface area contributed by atoms with E-state index in [9.17, 15) is 0 Å². The van der Waals surface area contributed by atoms with Crippen molar-refractivity contribution in [3.8, 4) is 0 Å². The Hall–Kier alpha value is -0.830. The second-order valence-corrected chi connectivity index (χ2v) is 4.47. The molecule has 0 saturated heterocycles. The molecule has 1 aliphatic carbocycles. The molecule has 1 fully saturated rings. The molecular formula is C11H19N3. The lowest BCUT2D eigenvalue weighted by atomic mass is 10.1. The van der Waals surface area contributed by atoms with Crippen molar-refractivity contribution in [3.63, 3.8) is 0 Å². The molecule has 2 atom stereocenters. The smallest absolute Gasteiger partial charge is 0.0925 e. The first-order valence-corrected chi connectivity index (χ1v) is 5.48. The molecule has 1 aromatic rings. The van der Waals surface area contributed by atoms with Crippen molar-refractivity contribution in [2.75, 3.05) is 0 Å². The number of hydrogen-bond donors (Lipinski definition) is 2. The zero-order valence-electron chi connectivity index (χ0n) is 9.01. The van der Waals surface area contributed by atoms with Crippen molar-refractivity contribution >= 4 is 0 Å². The van der Waals surface area contributed by atoms with Gasteiger partial charge < -0.3 is 10.3 Å². The highest BCUT2D eigenvalue weighted by molar-refractivity contribution is 5.08. The number of aromatic amines is 1. The number of rotatable bonds is 3. The third kappa shape index (κ3) is 2.15. The minimum Gasteiger partial charge on any atom is -0.348 e. The van der Waals surface area contributed by atoms with Crippen molar-refractivity contribution in [1.82, 2.24) is 15.3 Å². The molecule has 0 spiro atoms. The zero-order valence-corrected chi connectivity index (χ0v) is 9.01. The summed E-state index contributed by atoms with van der Waals surface area (Å²) >= 11 is 0. The van der Waals surface area contributed by atoms with E-state index in [-0.39, 0.29) is 0 Å². The number of hydrogen-bond acceptors (Lipinski definition) is 2. The molecular weight excluding hydrogens is 174 g/mol. The minimum absolute atomic E-state index is 0.709. The van der Waals surface area contributed by atoms with Crippen molar-refractivity contribution in [2.24, 2.45) is 5.92 Å². The van der Waals surface area contributed by atoms with Crippen molar-refractivity contribution in [2.45, 2.75) is 45.7 Å². The highest BCUT2D eigenvalue weighted by Crippen LogP contribution is 2.24. The van der Waals surface area contributed by atoms with Crippen LogP contribution in [0.25, 0.3) is 0 Å². The molecule has 1 aromatic heterocycles. The second kappa shape index (κ2) is 4.13. The van der Waals surface area contributed by atoms with Gasteiger partial charge in [-0.05, 0) is 32.1 Å². The standard InChI is InChI=1S/C11H19N3/c1-8-3-4-10(5-8)12-6-11-9(2)13-7-14-11/h7-8,10,12H,3-6H2,1-2H3,(H,13,14). The van der Waals surface area contributed by atoms with E-state index in [1.165, 1.54) is 25.0 Å². The van der Waals surface area contributed by atoms with Gasteiger partial charge in [-0.1, -0.05) is 6.92 Å². The average molecular weight is 193 g/mol. The monoisotopic (exact) mass is 193 g/mol. The summed E-state index contributed by atoms with van der Waals surface area (Å²) < 4.78 is 0. The van der Waals surface area contributed by atoms with E-state index >= 15 is 0 Å². The minimum atomic E-state index is 0.709. The van der Waals surface area contributed by atoms with Crippen molar-refractivity contribution in [3.05, 3.63) is 17.7 Å². The van der Waals surface area contributed by atoms with E-state index in [4.69, 9.17) is 0 Å². The van der Waals surface area contributed by atoms with Gasteiger partial charge in [0.15, 0.2) is 0 Å². The van der Waals surface area contributed by atoms with Crippen LogP contribution in [-0.2, 0) is 6.54 Å². The molecule has 2 unspecified atom stereocenters. The van der Waals surface area contributed by atoms with Crippen LogP contribution < -0.4 is 5.32 Å².